The van der Waals surface area contributed by atoms with Gasteiger partial charge in [0.1, 0.15) is 0 Å². The minimum atomic E-state index is -0.694. The van der Waals surface area contributed by atoms with Gasteiger partial charge in [0.2, 0.25) is 0 Å². The molecule has 1 aromatic carbocycles. The molecule has 1 unspecified atom stereocenters. The van der Waals surface area contributed by atoms with Crippen LogP contribution in [0.2, 0.25) is 0 Å². The van der Waals surface area contributed by atoms with E-state index in [0.717, 1.165) is 4.43 Å². The van der Waals surface area contributed by atoms with Gasteiger partial charge in [-0.05, 0) is 17.7 Å². The number of aliphatic hydroxyl groups excluding tert-OH is 1. The number of rotatable bonds is 4. The highest BCUT2D eigenvalue weighted by Gasteiger charge is 2.07. The first-order valence-corrected chi connectivity index (χ1v) is 5.82. The van der Waals surface area contributed by atoms with Gasteiger partial charge in [-0.3, -0.25) is 10.1 Å². The molecule has 5 heteroatoms. The zero-order valence-corrected chi connectivity index (χ0v) is 9.99. The monoisotopic (exact) mass is 319 g/mol. The SMILES string of the molecule is O=[N+]([O-])c1ccc(C(O)/C=C/CI)cc1. The molecule has 0 heterocycles. The molecule has 0 aromatic heterocycles. The molecule has 0 saturated heterocycles. The second-order valence-electron chi connectivity index (χ2n) is 2.88. The van der Waals surface area contributed by atoms with Gasteiger partial charge in [-0.15, -0.1) is 0 Å². The van der Waals surface area contributed by atoms with E-state index in [1.807, 2.05) is 6.08 Å². The first-order valence-electron chi connectivity index (χ1n) is 4.30. The van der Waals surface area contributed by atoms with E-state index < -0.39 is 11.0 Å². The van der Waals surface area contributed by atoms with E-state index in [0.29, 0.717) is 5.56 Å². The number of hydrogen-bond acceptors (Lipinski definition) is 3. The molecule has 1 rings (SSSR count). The molecule has 0 fully saturated rings. The molecule has 80 valence electrons. The molecule has 0 radical (unpaired) electrons. The van der Waals surface area contributed by atoms with Crippen molar-refractivity contribution in [1.29, 1.82) is 0 Å². The van der Waals surface area contributed by atoms with Gasteiger partial charge >= 0.3 is 0 Å². The number of halogens is 1. The molecule has 0 aliphatic rings. The van der Waals surface area contributed by atoms with Crippen molar-refractivity contribution in [2.24, 2.45) is 0 Å². The topological polar surface area (TPSA) is 63.4 Å². The Morgan fingerprint density at radius 2 is 2.07 bits per heavy atom. The van der Waals surface area contributed by atoms with Gasteiger partial charge in [0.05, 0.1) is 11.0 Å². The quantitative estimate of drug-likeness (QED) is 0.305. The highest BCUT2D eigenvalue weighted by Crippen LogP contribution is 2.18. The van der Waals surface area contributed by atoms with E-state index in [-0.39, 0.29) is 5.69 Å². The largest absolute Gasteiger partial charge is 0.384 e. The Bertz CT molecular complexity index is 361. The van der Waals surface area contributed by atoms with Gasteiger partial charge in [-0.2, -0.15) is 0 Å². The number of nitrogens with zero attached hydrogens (tertiary/aromatic N) is 1. The van der Waals surface area contributed by atoms with Crippen LogP contribution in [0.4, 0.5) is 5.69 Å². The smallest absolute Gasteiger partial charge is 0.269 e. The number of non-ortho nitro benzene ring substituents is 1. The second-order valence-corrected chi connectivity index (χ2v) is 3.76. The lowest BCUT2D eigenvalue weighted by Crippen LogP contribution is -1.94. The lowest BCUT2D eigenvalue weighted by Gasteiger charge is -2.04. The summed E-state index contributed by atoms with van der Waals surface area (Å²) in [6.07, 6.45) is 2.81. The lowest BCUT2D eigenvalue weighted by atomic mass is 10.1. The maximum atomic E-state index is 10.4. The fourth-order valence-corrected chi connectivity index (χ4v) is 1.38. The van der Waals surface area contributed by atoms with Crippen molar-refractivity contribution in [3.05, 3.63) is 52.1 Å². The van der Waals surface area contributed by atoms with Crippen molar-refractivity contribution in [3.8, 4) is 0 Å². The maximum absolute atomic E-state index is 10.4. The summed E-state index contributed by atoms with van der Waals surface area (Å²) in [6, 6.07) is 5.88. The molecule has 0 aliphatic carbocycles. The van der Waals surface area contributed by atoms with Crippen LogP contribution in [0.3, 0.4) is 0 Å². The summed E-state index contributed by atoms with van der Waals surface area (Å²) in [5.41, 5.74) is 0.686. The Morgan fingerprint density at radius 3 is 2.53 bits per heavy atom. The summed E-state index contributed by atoms with van der Waals surface area (Å²) in [5, 5.41) is 20.0. The first-order chi connectivity index (χ1) is 7.15. The third-order valence-electron chi connectivity index (χ3n) is 1.85. The first kappa shape index (κ1) is 12.1. The summed E-state index contributed by atoms with van der Waals surface area (Å²) >= 11 is 2.17. The predicted molar refractivity (Wildman–Crippen MR) is 66.1 cm³/mol. The molecule has 0 aliphatic heterocycles. The summed E-state index contributed by atoms with van der Waals surface area (Å²) < 4.78 is 0.821. The van der Waals surface area contributed by atoms with Crippen LogP contribution in [-0.2, 0) is 0 Å². The minimum absolute atomic E-state index is 0.0313. The molecule has 1 atom stereocenters. The van der Waals surface area contributed by atoms with Crippen LogP contribution in [0.5, 0.6) is 0 Å². The molecule has 4 nitrogen and oxygen atoms in total. The lowest BCUT2D eigenvalue weighted by molar-refractivity contribution is -0.384. The standard InChI is InChI=1S/C10H10INO3/c11-7-1-2-10(13)8-3-5-9(6-4-8)12(14)15/h1-6,10,13H,7H2/b2-1+. The second kappa shape index (κ2) is 5.82. The number of allylic oxidation sites excluding steroid dienone is 1. The van der Waals surface area contributed by atoms with Crippen LogP contribution in [0.1, 0.15) is 11.7 Å². The Labute approximate surface area is 101 Å². The number of nitro groups is 1. The number of alkyl halides is 1. The minimum Gasteiger partial charge on any atom is -0.384 e. The average Bonchev–Trinajstić information content (AvgIpc) is 2.26. The van der Waals surface area contributed by atoms with Gasteiger partial charge in [0.15, 0.2) is 0 Å². The summed E-state index contributed by atoms with van der Waals surface area (Å²) in [6.45, 7) is 0. The van der Waals surface area contributed by atoms with Crippen molar-refractivity contribution in [2.45, 2.75) is 6.10 Å². The van der Waals surface area contributed by atoms with E-state index >= 15 is 0 Å². The van der Waals surface area contributed by atoms with Crippen molar-refractivity contribution in [3.63, 3.8) is 0 Å². The average molecular weight is 319 g/mol. The predicted octanol–water partition coefficient (Wildman–Crippen LogP) is 2.62. The van der Waals surface area contributed by atoms with E-state index in [1.54, 1.807) is 18.2 Å². The zero-order chi connectivity index (χ0) is 11.3. The fraction of sp³-hybridized carbons (Fsp3) is 0.200. The molecule has 1 N–H and O–H groups in total. The third kappa shape index (κ3) is 3.60. The van der Waals surface area contributed by atoms with Gasteiger partial charge in [-0.1, -0.05) is 34.7 Å². The Balaban J connectivity index is 2.79. The van der Waals surface area contributed by atoms with E-state index in [2.05, 4.69) is 22.6 Å². The Morgan fingerprint density at radius 1 is 1.47 bits per heavy atom. The van der Waals surface area contributed by atoms with Gasteiger partial charge in [0.25, 0.3) is 5.69 Å². The molecular formula is C10H10INO3. The summed E-state index contributed by atoms with van der Waals surface area (Å²) in [4.78, 5) is 9.92. The van der Waals surface area contributed by atoms with Crippen LogP contribution in [0.25, 0.3) is 0 Å². The van der Waals surface area contributed by atoms with Gasteiger partial charge in [-0.25, -0.2) is 0 Å². The number of aliphatic hydroxyl groups is 1. The molecule has 0 bridgehead atoms. The van der Waals surface area contributed by atoms with Crippen molar-refractivity contribution in [2.75, 3.05) is 4.43 Å². The highest BCUT2D eigenvalue weighted by molar-refractivity contribution is 14.1. The normalized spacial score (nSPS) is 12.9. The Hall–Kier alpha value is -0.950. The third-order valence-corrected chi connectivity index (χ3v) is 2.36. The molecule has 15 heavy (non-hydrogen) atoms. The number of nitro benzene ring substituents is 1. The highest BCUT2D eigenvalue weighted by atomic mass is 127. The van der Waals surface area contributed by atoms with Gasteiger partial charge in [0, 0.05) is 16.6 Å². The van der Waals surface area contributed by atoms with Gasteiger partial charge < -0.3 is 5.11 Å². The van der Waals surface area contributed by atoms with Crippen molar-refractivity contribution in [1.82, 2.24) is 0 Å². The maximum Gasteiger partial charge on any atom is 0.269 e. The van der Waals surface area contributed by atoms with Crippen LogP contribution < -0.4 is 0 Å². The zero-order valence-electron chi connectivity index (χ0n) is 7.84. The molecule has 1 aromatic rings. The molecule has 0 spiro atoms. The molecule has 0 saturated carbocycles. The summed E-state index contributed by atoms with van der Waals surface area (Å²) in [5.74, 6) is 0. The summed E-state index contributed by atoms with van der Waals surface area (Å²) in [7, 11) is 0. The van der Waals surface area contributed by atoms with Crippen LogP contribution >= 0.6 is 22.6 Å². The van der Waals surface area contributed by atoms with Crippen LogP contribution in [0, 0.1) is 10.1 Å². The van der Waals surface area contributed by atoms with Crippen LogP contribution in [0.15, 0.2) is 36.4 Å². The molecule has 0 amide bonds. The van der Waals surface area contributed by atoms with E-state index in [4.69, 9.17) is 0 Å². The van der Waals surface area contributed by atoms with E-state index in [1.165, 1.54) is 12.1 Å². The van der Waals surface area contributed by atoms with E-state index in [9.17, 15) is 15.2 Å². The van der Waals surface area contributed by atoms with Crippen LogP contribution in [-0.4, -0.2) is 14.5 Å². The fourth-order valence-electron chi connectivity index (χ4n) is 1.08. The number of benzene rings is 1. The van der Waals surface area contributed by atoms with Crippen molar-refractivity contribution >= 4 is 28.3 Å². The number of hydrogen-bond donors (Lipinski definition) is 1. The molecular weight excluding hydrogens is 309 g/mol. The Kier molecular flexibility index (Phi) is 4.70. The van der Waals surface area contributed by atoms with Crippen molar-refractivity contribution < 1.29 is 10.0 Å².